The van der Waals surface area contributed by atoms with Crippen molar-refractivity contribution in [2.75, 3.05) is 30.2 Å². The standard InChI is InChI=1S/C13H16F3NO3S/c1-3-20-9-17(12(18)8-21(2)19)11-6-4-5-10(7-11)13(14,15)16/h4-7H,3,8-9H2,1-2H3. The third-order valence-corrected chi connectivity index (χ3v) is 3.19. The number of ether oxygens (including phenoxy) is 1. The summed E-state index contributed by atoms with van der Waals surface area (Å²) in [6, 6.07) is 4.39. The Hall–Kier alpha value is -1.25. The molecule has 8 heteroatoms. The predicted octanol–water partition coefficient (Wildman–Crippen LogP) is 2.41. The molecule has 21 heavy (non-hydrogen) atoms. The minimum Gasteiger partial charge on any atom is -0.616 e. The van der Waals surface area contributed by atoms with Gasteiger partial charge < -0.3 is 9.29 Å². The van der Waals surface area contributed by atoms with Crippen molar-refractivity contribution < 1.29 is 27.3 Å². The molecule has 0 spiro atoms. The van der Waals surface area contributed by atoms with Gasteiger partial charge in [-0.15, -0.1) is 0 Å². The molecule has 0 aliphatic heterocycles. The van der Waals surface area contributed by atoms with Crippen LogP contribution in [0.25, 0.3) is 0 Å². The van der Waals surface area contributed by atoms with Gasteiger partial charge in [0.25, 0.3) is 5.91 Å². The second kappa shape index (κ2) is 7.67. The second-order valence-corrected chi connectivity index (χ2v) is 5.64. The smallest absolute Gasteiger partial charge is 0.416 e. The van der Waals surface area contributed by atoms with Crippen molar-refractivity contribution in [1.29, 1.82) is 0 Å². The molecule has 0 saturated heterocycles. The fourth-order valence-electron chi connectivity index (χ4n) is 1.58. The number of alkyl halides is 3. The van der Waals surface area contributed by atoms with Gasteiger partial charge in [-0.1, -0.05) is 6.07 Å². The first-order valence-corrected chi connectivity index (χ1v) is 7.83. The molecule has 0 radical (unpaired) electrons. The quantitative estimate of drug-likeness (QED) is 0.597. The topological polar surface area (TPSA) is 52.6 Å². The lowest BCUT2D eigenvalue weighted by Gasteiger charge is -2.23. The number of anilines is 1. The fraction of sp³-hybridized carbons (Fsp3) is 0.462. The zero-order valence-electron chi connectivity index (χ0n) is 11.6. The summed E-state index contributed by atoms with van der Waals surface area (Å²) in [7, 11) is 0. The van der Waals surface area contributed by atoms with Crippen LogP contribution in [0.5, 0.6) is 0 Å². The zero-order valence-corrected chi connectivity index (χ0v) is 12.5. The van der Waals surface area contributed by atoms with E-state index in [2.05, 4.69) is 0 Å². The first kappa shape index (κ1) is 17.8. The first-order chi connectivity index (χ1) is 9.75. The average molecular weight is 323 g/mol. The maximum absolute atomic E-state index is 12.7. The molecule has 118 valence electrons. The van der Waals surface area contributed by atoms with Crippen molar-refractivity contribution >= 4 is 22.8 Å². The number of carbonyl (C=O) groups excluding carboxylic acids is 1. The molecular weight excluding hydrogens is 307 g/mol. The summed E-state index contributed by atoms with van der Waals surface area (Å²) in [4.78, 5) is 13.0. The molecule has 0 N–H and O–H groups in total. The van der Waals surface area contributed by atoms with Gasteiger partial charge in [0.15, 0.2) is 5.75 Å². The Morgan fingerprint density at radius 2 is 2.10 bits per heavy atom. The van der Waals surface area contributed by atoms with Crippen molar-refractivity contribution in [1.82, 2.24) is 0 Å². The molecule has 0 aliphatic carbocycles. The summed E-state index contributed by atoms with van der Waals surface area (Å²) in [5, 5.41) is 0. The Labute approximate surface area is 124 Å². The minimum atomic E-state index is -4.50. The first-order valence-electron chi connectivity index (χ1n) is 6.11. The van der Waals surface area contributed by atoms with E-state index in [9.17, 15) is 22.5 Å². The Bertz CT molecular complexity index is 480. The highest BCUT2D eigenvalue weighted by molar-refractivity contribution is 7.91. The third kappa shape index (κ3) is 5.56. The number of nitrogens with zero attached hydrogens (tertiary/aromatic N) is 1. The number of halogens is 3. The van der Waals surface area contributed by atoms with Gasteiger partial charge >= 0.3 is 6.18 Å². The second-order valence-electron chi connectivity index (χ2n) is 4.21. The summed E-state index contributed by atoms with van der Waals surface area (Å²) >= 11 is -1.39. The highest BCUT2D eigenvalue weighted by Crippen LogP contribution is 2.31. The van der Waals surface area contributed by atoms with Crippen LogP contribution >= 0.6 is 0 Å². The van der Waals surface area contributed by atoms with Crippen molar-refractivity contribution in [2.24, 2.45) is 0 Å². The molecule has 1 amide bonds. The molecule has 0 bridgehead atoms. The third-order valence-electron chi connectivity index (χ3n) is 2.54. The molecule has 4 nitrogen and oxygen atoms in total. The van der Waals surface area contributed by atoms with Crippen LogP contribution in [0.15, 0.2) is 24.3 Å². The summed E-state index contributed by atoms with van der Waals surface area (Å²) < 4.78 is 54.4. The van der Waals surface area contributed by atoms with Crippen LogP contribution in [0.1, 0.15) is 12.5 Å². The molecule has 0 aromatic heterocycles. The van der Waals surface area contributed by atoms with Crippen LogP contribution in [-0.4, -0.2) is 35.8 Å². The van der Waals surface area contributed by atoms with Gasteiger partial charge in [0.05, 0.1) is 11.8 Å². The Morgan fingerprint density at radius 3 is 2.62 bits per heavy atom. The summed E-state index contributed by atoms with van der Waals surface area (Å²) in [6.07, 6.45) is -3.15. The molecule has 1 rings (SSSR count). The summed E-state index contributed by atoms with van der Waals surface area (Å²) in [5.74, 6) is -0.827. The largest absolute Gasteiger partial charge is 0.616 e. The van der Waals surface area contributed by atoms with Crippen LogP contribution in [0.3, 0.4) is 0 Å². The summed E-state index contributed by atoms with van der Waals surface area (Å²) in [6.45, 7) is 1.82. The molecule has 0 aliphatic rings. The van der Waals surface area contributed by atoms with Gasteiger partial charge in [0.2, 0.25) is 0 Å². The van der Waals surface area contributed by atoms with E-state index in [1.165, 1.54) is 18.4 Å². The fourth-order valence-corrected chi connectivity index (χ4v) is 2.08. The van der Waals surface area contributed by atoms with Gasteiger partial charge in [-0.05, 0) is 36.3 Å². The number of benzene rings is 1. The van der Waals surface area contributed by atoms with Gasteiger partial charge in [0.1, 0.15) is 6.73 Å². The van der Waals surface area contributed by atoms with E-state index >= 15 is 0 Å². The molecule has 0 heterocycles. The summed E-state index contributed by atoms with van der Waals surface area (Å²) in [5.41, 5.74) is -0.791. The zero-order chi connectivity index (χ0) is 16.0. The molecule has 1 aromatic carbocycles. The lowest BCUT2D eigenvalue weighted by molar-refractivity contribution is -0.137. The maximum Gasteiger partial charge on any atom is 0.416 e. The minimum absolute atomic E-state index is 0.0636. The van der Waals surface area contributed by atoms with Crippen molar-refractivity contribution in [2.45, 2.75) is 13.1 Å². The highest BCUT2D eigenvalue weighted by Gasteiger charge is 2.31. The average Bonchev–Trinajstić information content (AvgIpc) is 2.37. The van der Waals surface area contributed by atoms with E-state index in [1.807, 2.05) is 0 Å². The lowest BCUT2D eigenvalue weighted by atomic mass is 10.2. The number of carbonyl (C=O) groups is 1. The molecule has 1 atom stereocenters. The molecule has 0 fully saturated rings. The van der Waals surface area contributed by atoms with Gasteiger partial charge in [0, 0.05) is 12.3 Å². The SMILES string of the molecule is CCOCN(C(=O)C[S+](C)[O-])c1cccc(C(F)(F)F)c1. The Kier molecular flexibility index (Phi) is 6.50. The normalized spacial score (nSPS) is 13.0. The molecule has 1 aromatic rings. The highest BCUT2D eigenvalue weighted by atomic mass is 32.2. The Balaban J connectivity index is 3.05. The van der Waals surface area contributed by atoms with E-state index in [1.54, 1.807) is 6.92 Å². The van der Waals surface area contributed by atoms with Crippen LogP contribution in [0, 0.1) is 0 Å². The van der Waals surface area contributed by atoms with E-state index in [4.69, 9.17) is 4.74 Å². The van der Waals surface area contributed by atoms with E-state index < -0.39 is 28.8 Å². The van der Waals surface area contributed by atoms with Crippen molar-refractivity contribution in [3.05, 3.63) is 29.8 Å². The molecular formula is C13H16F3NO3S. The van der Waals surface area contributed by atoms with Crippen LogP contribution < -0.4 is 4.90 Å². The van der Waals surface area contributed by atoms with E-state index in [0.29, 0.717) is 6.61 Å². The van der Waals surface area contributed by atoms with E-state index in [-0.39, 0.29) is 18.2 Å². The number of hydrogen-bond acceptors (Lipinski definition) is 3. The van der Waals surface area contributed by atoms with Crippen LogP contribution in [-0.2, 0) is 26.9 Å². The van der Waals surface area contributed by atoms with E-state index in [0.717, 1.165) is 17.0 Å². The van der Waals surface area contributed by atoms with Crippen molar-refractivity contribution in [3.8, 4) is 0 Å². The van der Waals surface area contributed by atoms with Crippen molar-refractivity contribution in [3.63, 3.8) is 0 Å². The van der Waals surface area contributed by atoms with Crippen LogP contribution in [0.4, 0.5) is 18.9 Å². The Morgan fingerprint density at radius 1 is 1.43 bits per heavy atom. The maximum atomic E-state index is 12.7. The van der Waals surface area contributed by atoms with Crippen LogP contribution in [0.2, 0.25) is 0 Å². The molecule has 1 unspecified atom stereocenters. The predicted molar refractivity (Wildman–Crippen MR) is 74.4 cm³/mol. The van der Waals surface area contributed by atoms with Gasteiger partial charge in [-0.3, -0.25) is 9.69 Å². The number of rotatable bonds is 6. The van der Waals surface area contributed by atoms with Gasteiger partial charge in [-0.2, -0.15) is 13.2 Å². The monoisotopic (exact) mass is 323 g/mol. The number of hydrogen-bond donors (Lipinski definition) is 0. The molecule has 0 saturated carbocycles. The lowest BCUT2D eigenvalue weighted by Crippen LogP contribution is -2.37. The van der Waals surface area contributed by atoms with Gasteiger partial charge in [-0.25, -0.2) is 0 Å². The number of amides is 1.